The summed E-state index contributed by atoms with van der Waals surface area (Å²) in [7, 11) is 0. The summed E-state index contributed by atoms with van der Waals surface area (Å²) in [5, 5.41) is 0. The molecule has 16 heavy (non-hydrogen) atoms. The number of pyridine rings is 1. The highest BCUT2D eigenvalue weighted by Gasteiger charge is 2.13. The molecule has 0 fully saturated rings. The van der Waals surface area contributed by atoms with Gasteiger partial charge in [0, 0.05) is 16.2 Å². The van der Waals surface area contributed by atoms with Gasteiger partial charge >= 0.3 is 0 Å². The molecule has 0 unspecified atom stereocenters. The van der Waals surface area contributed by atoms with Crippen molar-refractivity contribution in [2.24, 2.45) is 0 Å². The number of hydrogen-bond donors (Lipinski definition) is 0. The quantitative estimate of drug-likeness (QED) is 0.802. The van der Waals surface area contributed by atoms with Crippen molar-refractivity contribution in [3.63, 3.8) is 0 Å². The molecule has 0 bridgehead atoms. The van der Waals surface area contributed by atoms with Crippen molar-refractivity contribution in [2.75, 3.05) is 6.79 Å². The van der Waals surface area contributed by atoms with Crippen LogP contribution in [0.3, 0.4) is 0 Å². The van der Waals surface area contributed by atoms with E-state index < -0.39 is 0 Å². The first-order valence-corrected chi connectivity index (χ1v) is 5.64. The standard InChI is InChI=1S/C12H8BrNO2/c13-9-2-3-10(14-6-9)8-1-4-11-12(5-8)16-7-15-11/h1-6H,7H2. The zero-order valence-electron chi connectivity index (χ0n) is 8.31. The lowest BCUT2D eigenvalue weighted by molar-refractivity contribution is 0.174. The van der Waals surface area contributed by atoms with Crippen LogP contribution in [-0.2, 0) is 0 Å². The van der Waals surface area contributed by atoms with Gasteiger partial charge in [0.15, 0.2) is 11.5 Å². The molecule has 0 aliphatic carbocycles. The summed E-state index contributed by atoms with van der Waals surface area (Å²) in [5.74, 6) is 1.57. The van der Waals surface area contributed by atoms with Crippen LogP contribution in [0.4, 0.5) is 0 Å². The van der Waals surface area contributed by atoms with Crippen LogP contribution >= 0.6 is 15.9 Å². The van der Waals surface area contributed by atoms with E-state index in [2.05, 4.69) is 20.9 Å². The number of ether oxygens (including phenoxy) is 2. The van der Waals surface area contributed by atoms with Gasteiger partial charge in [-0.15, -0.1) is 0 Å². The number of fused-ring (bicyclic) bond motifs is 1. The SMILES string of the molecule is Brc1ccc(-c2ccc3c(c2)OCO3)nc1. The Kier molecular flexibility index (Phi) is 2.29. The average molecular weight is 278 g/mol. The Bertz CT molecular complexity index is 525. The Hall–Kier alpha value is -1.55. The van der Waals surface area contributed by atoms with E-state index in [1.165, 1.54) is 0 Å². The zero-order chi connectivity index (χ0) is 11.0. The van der Waals surface area contributed by atoms with Gasteiger partial charge in [0.2, 0.25) is 6.79 Å². The van der Waals surface area contributed by atoms with Gasteiger partial charge in [-0.3, -0.25) is 4.98 Å². The van der Waals surface area contributed by atoms with Gasteiger partial charge < -0.3 is 9.47 Å². The van der Waals surface area contributed by atoms with Crippen molar-refractivity contribution in [3.05, 3.63) is 41.0 Å². The maximum absolute atomic E-state index is 5.33. The van der Waals surface area contributed by atoms with Crippen LogP contribution in [0.1, 0.15) is 0 Å². The molecule has 0 radical (unpaired) electrons. The minimum absolute atomic E-state index is 0.298. The van der Waals surface area contributed by atoms with Crippen LogP contribution in [0, 0.1) is 0 Å². The van der Waals surface area contributed by atoms with E-state index in [0.29, 0.717) is 6.79 Å². The fraction of sp³-hybridized carbons (Fsp3) is 0.0833. The van der Waals surface area contributed by atoms with E-state index in [9.17, 15) is 0 Å². The zero-order valence-corrected chi connectivity index (χ0v) is 9.90. The van der Waals surface area contributed by atoms with E-state index in [4.69, 9.17) is 9.47 Å². The van der Waals surface area contributed by atoms with Crippen molar-refractivity contribution in [1.29, 1.82) is 0 Å². The van der Waals surface area contributed by atoms with Crippen molar-refractivity contribution in [2.45, 2.75) is 0 Å². The van der Waals surface area contributed by atoms with Crippen LogP contribution in [0.5, 0.6) is 11.5 Å². The van der Waals surface area contributed by atoms with E-state index in [1.807, 2.05) is 30.3 Å². The van der Waals surface area contributed by atoms with E-state index in [0.717, 1.165) is 27.2 Å². The van der Waals surface area contributed by atoms with Crippen LogP contribution in [0.2, 0.25) is 0 Å². The molecule has 80 valence electrons. The minimum atomic E-state index is 0.298. The van der Waals surface area contributed by atoms with Gasteiger partial charge in [-0.25, -0.2) is 0 Å². The molecule has 1 aliphatic rings. The van der Waals surface area contributed by atoms with E-state index >= 15 is 0 Å². The average Bonchev–Trinajstić information content (AvgIpc) is 2.77. The third-order valence-electron chi connectivity index (χ3n) is 2.40. The van der Waals surface area contributed by atoms with Crippen LogP contribution in [0.25, 0.3) is 11.3 Å². The molecular formula is C12H8BrNO2. The first-order valence-electron chi connectivity index (χ1n) is 4.84. The number of benzene rings is 1. The lowest BCUT2D eigenvalue weighted by Crippen LogP contribution is -1.92. The third kappa shape index (κ3) is 1.65. The first-order chi connectivity index (χ1) is 7.83. The molecule has 0 saturated heterocycles. The van der Waals surface area contributed by atoms with Crippen LogP contribution in [0.15, 0.2) is 41.0 Å². The summed E-state index contributed by atoms with van der Waals surface area (Å²) in [6, 6.07) is 9.75. The topological polar surface area (TPSA) is 31.4 Å². The molecule has 0 saturated carbocycles. The van der Waals surface area contributed by atoms with E-state index in [1.54, 1.807) is 6.20 Å². The molecule has 0 amide bonds. The fourth-order valence-corrected chi connectivity index (χ4v) is 1.84. The monoisotopic (exact) mass is 277 g/mol. The number of halogens is 1. The number of rotatable bonds is 1. The molecule has 1 aliphatic heterocycles. The smallest absolute Gasteiger partial charge is 0.231 e. The van der Waals surface area contributed by atoms with Gasteiger partial charge in [0.1, 0.15) is 0 Å². The third-order valence-corrected chi connectivity index (χ3v) is 2.86. The molecule has 0 N–H and O–H groups in total. The second-order valence-electron chi connectivity index (χ2n) is 3.43. The maximum Gasteiger partial charge on any atom is 0.231 e. The molecular weight excluding hydrogens is 270 g/mol. The highest BCUT2D eigenvalue weighted by atomic mass is 79.9. The van der Waals surface area contributed by atoms with Gasteiger partial charge in [-0.2, -0.15) is 0 Å². The lowest BCUT2D eigenvalue weighted by Gasteiger charge is -2.02. The molecule has 4 heteroatoms. The van der Waals surface area contributed by atoms with Crippen molar-refractivity contribution >= 4 is 15.9 Å². The van der Waals surface area contributed by atoms with E-state index in [-0.39, 0.29) is 0 Å². The Morgan fingerprint density at radius 1 is 1.06 bits per heavy atom. The second kappa shape index (κ2) is 3.79. The Morgan fingerprint density at radius 3 is 2.75 bits per heavy atom. The summed E-state index contributed by atoms with van der Waals surface area (Å²) in [6.45, 7) is 0.298. The molecule has 0 atom stereocenters. The summed E-state index contributed by atoms with van der Waals surface area (Å²) in [5.41, 5.74) is 1.94. The predicted molar refractivity (Wildman–Crippen MR) is 63.5 cm³/mol. The highest BCUT2D eigenvalue weighted by molar-refractivity contribution is 9.10. The molecule has 3 rings (SSSR count). The van der Waals surface area contributed by atoms with Crippen molar-refractivity contribution in [3.8, 4) is 22.8 Å². The Labute approximate surface area is 101 Å². The van der Waals surface area contributed by atoms with Crippen molar-refractivity contribution < 1.29 is 9.47 Å². The summed E-state index contributed by atoms with van der Waals surface area (Å²) >= 11 is 3.36. The second-order valence-corrected chi connectivity index (χ2v) is 4.35. The molecule has 2 heterocycles. The summed E-state index contributed by atoms with van der Waals surface area (Å²) < 4.78 is 11.6. The summed E-state index contributed by atoms with van der Waals surface area (Å²) in [4.78, 5) is 4.33. The fourth-order valence-electron chi connectivity index (χ4n) is 1.60. The minimum Gasteiger partial charge on any atom is -0.454 e. The maximum atomic E-state index is 5.33. The van der Waals surface area contributed by atoms with Gasteiger partial charge in [-0.1, -0.05) is 0 Å². The number of hydrogen-bond acceptors (Lipinski definition) is 3. The van der Waals surface area contributed by atoms with Crippen LogP contribution in [-0.4, -0.2) is 11.8 Å². The Balaban J connectivity index is 2.03. The largest absolute Gasteiger partial charge is 0.454 e. The number of aromatic nitrogens is 1. The summed E-state index contributed by atoms with van der Waals surface area (Å²) in [6.07, 6.45) is 1.78. The molecule has 2 aromatic rings. The first kappa shape index (κ1) is 9.66. The lowest BCUT2D eigenvalue weighted by atomic mass is 10.1. The van der Waals surface area contributed by atoms with Crippen LogP contribution < -0.4 is 9.47 Å². The normalized spacial score (nSPS) is 12.8. The van der Waals surface area contributed by atoms with Gasteiger partial charge in [-0.05, 0) is 46.3 Å². The highest BCUT2D eigenvalue weighted by Crippen LogP contribution is 2.35. The molecule has 1 aromatic carbocycles. The molecule has 1 aromatic heterocycles. The number of nitrogens with zero attached hydrogens (tertiary/aromatic N) is 1. The Morgan fingerprint density at radius 2 is 1.94 bits per heavy atom. The predicted octanol–water partition coefficient (Wildman–Crippen LogP) is 3.24. The van der Waals surface area contributed by atoms with Crippen molar-refractivity contribution in [1.82, 2.24) is 4.98 Å². The molecule has 0 spiro atoms. The van der Waals surface area contributed by atoms with Gasteiger partial charge in [0.25, 0.3) is 0 Å². The molecule has 3 nitrogen and oxygen atoms in total. The van der Waals surface area contributed by atoms with Gasteiger partial charge in [0.05, 0.1) is 5.69 Å².